The average molecular weight is 349 g/mol. The standard InChI is InChI=1S/C18H15N5O3/c1-25-12-3-4-14-16(8-12)23-6-5-15(22-18(23)21-14)17(24)20-11-7-13(26-2)10-19-9-11/h3-10H,1-2H3,(H,20,24). The van der Waals surface area contributed by atoms with Crippen molar-refractivity contribution in [1.29, 1.82) is 0 Å². The molecule has 1 aromatic carbocycles. The molecule has 3 heterocycles. The molecule has 0 spiro atoms. The van der Waals surface area contributed by atoms with Crippen LogP contribution < -0.4 is 14.8 Å². The smallest absolute Gasteiger partial charge is 0.274 e. The SMILES string of the molecule is COc1cncc(NC(=O)c2ccn3c(n2)nc2ccc(OC)cc23)c1. The molecule has 1 N–H and O–H groups in total. The molecule has 0 bridgehead atoms. The van der Waals surface area contributed by atoms with Gasteiger partial charge in [-0.05, 0) is 18.2 Å². The maximum absolute atomic E-state index is 12.5. The Morgan fingerprint density at radius 1 is 1.04 bits per heavy atom. The first-order valence-corrected chi connectivity index (χ1v) is 7.81. The average Bonchev–Trinajstić information content (AvgIpc) is 3.04. The minimum atomic E-state index is -0.354. The molecule has 1 amide bonds. The van der Waals surface area contributed by atoms with Crippen molar-refractivity contribution in [3.63, 3.8) is 0 Å². The van der Waals surface area contributed by atoms with E-state index in [0.717, 1.165) is 16.8 Å². The second kappa shape index (κ2) is 6.32. The Labute approximate surface area is 148 Å². The van der Waals surface area contributed by atoms with E-state index in [1.807, 2.05) is 22.6 Å². The highest BCUT2D eigenvalue weighted by Gasteiger charge is 2.12. The number of aromatic nitrogens is 4. The number of hydrogen-bond acceptors (Lipinski definition) is 6. The summed E-state index contributed by atoms with van der Waals surface area (Å²) in [5.41, 5.74) is 2.40. The molecule has 26 heavy (non-hydrogen) atoms. The number of benzene rings is 1. The van der Waals surface area contributed by atoms with Gasteiger partial charge in [-0.15, -0.1) is 0 Å². The number of nitrogens with zero attached hydrogens (tertiary/aromatic N) is 4. The van der Waals surface area contributed by atoms with Crippen molar-refractivity contribution in [3.8, 4) is 11.5 Å². The van der Waals surface area contributed by atoms with Gasteiger partial charge in [-0.3, -0.25) is 14.2 Å². The van der Waals surface area contributed by atoms with Crippen LogP contribution in [0.2, 0.25) is 0 Å². The number of fused-ring (bicyclic) bond motifs is 3. The molecule has 0 aliphatic heterocycles. The van der Waals surface area contributed by atoms with E-state index in [4.69, 9.17) is 9.47 Å². The second-order valence-electron chi connectivity index (χ2n) is 5.52. The van der Waals surface area contributed by atoms with Gasteiger partial charge in [-0.2, -0.15) is 0 Å². The van der Waals surface area contributed by atoms with Crippen LogP contribution in [0.4, 0.5) is 5.69 Å². The number of imidazole rings is 1. The van der Waals surface area contributed by atoms with E-state index in [1.54, 1.807) is 31.6 Å². The predicted molar refractivity (Wildman–Crippen MR) is 95.8 cm³/mol. The van der Waals surface area contributed by atoms with E-state index in [1.165, 1.54) is 13.3 Å². The first kappa shape index (κ1) is 15.8. The molecule has 8 heteroatoms. The zero-order valence-electron chi connectivity index (χ0n) is 14.1. The van der Waals surface area contributed by atoms with Crippen LogP contribution in [0.15, 0.2) is 48.9 Å². The summed E-state index contributed by atoms with van der Waals surface area (Å²) in [5.74, 6) is 1.36. The van der Waals surface area contributed by atoms with Crippen LogP contribution in [-0.2, 0) is 0 Å². The van der Waals surface area contributed by atoms with E-state index >= 15 is 0 Å². The third-order valence-electron chi connectivity index (χ3n) is 3.92. The Kier molecular flexibility index (Phi) is 3.85. The van der Waals surface area contributed by atoms with Crippen LogP contribution >= 0.6 is 0 Å². The van der Waals surface area contributed by atoms with E-state index in [9.17, 15) is 4.79 Å². The number of rotatable bonds is 4. The van der Waals surface area contributed by atoms with Crippen LogP contribution in [-0.4, -0.2) is 39.5 Å². The molecule has 0 aliphatic carbocycles. The number of hydrogen-bond donors (Lipinski definition) is 1. The monoisotopic (exact) mass is 349 g/mol. The lowest BCUT2D eigenvalue weighted by Crippen LogP contribution is -2.14. The van der Waals surface area contributed by atoms with Crippen LogP contribution in [0.5, 0.6) is 11.5 Å². The summed E-state index contributed by atoms with van der Waals surface area (Å²) in [4.78, 5) is 25.3. The summed E-state index contributed by atoms with van der Waals surface area (Å²) in [5, 5.41) is 2.75. The van der Waals surface area contributed by atoms with Gasteiger partial charge in [0.15, 0.2) is 0 Å². The van der Waals surface area contributed by atoms with Crippen molar-refractivity contribution in [3.05, 3.63) is 54.6 Å². The Bertz CT molecular complexity index is 1120. The van der Waals surface area contributed by atoms with Crippen LogP contribution in [0.3, 0.4) is 0 Å². The minimum Gasteiger partial charge on any atom is -0.497 e. The van der Waals surface area contributed by atoms with Gasteiger partial charge in [0.2, 0.25) is 5.78 Å². The van der Waals surface area contributed by atoms with E-state index < -0.39 is 0 Å². The number of amides is 1. The molecule has 4 aromatic rings. The van der Waals surface area contributed by atoms with E-state index in [2.05, 4.69) is 20.3 Å². The molecule has 0 unspecified atom stereocenters. The number of ether oxygens (including phenoxy) is 2. The Hall–Kier alpha value is -3.68. The van der Waals surface area contributed by atoms with Gasteiger partial charge in [0.1, 0.15) is 17.2 Å². The van der Waals surface area contributed by atoms with Gasteiger partial charge in [0.25, 0.3) is 5.91 Å². The number of nitrogens with one attached hydrogen (secondary N) is 1. The normalized spacial score (nSPS) is 10.8. The summed E-state index contributed by atoms with van der Waals surface area (Å²) in [6, 6.07) is 8.87. The summed E-state index contributed by atoms with van der Waals surface area (Å²) < 4.78 is 12.2. The number of methoxy groups -OCH3 is 2. The second-order valence-corrected chi connectivity index (χ2v) is 5.52. The first-order valence-electron chi connectivity index (χ1n) is 7.81. The molecule has 0 radical (unpaired) electrons. The van der Waals surface area contributed by atoms with Crippen LogP contribution in [0.1, 0.15) is 10.5 Å². The van der Waals surface area contributed by atoms with Crippen molar-refractivity contribution in [1.82, 2.24) is 19.4 Å². The molecular formula is C18H15N5O3. The molecule has 3 aromatic heterocycles. The van der Waals surface area contributed by atoms with Crippen molar-refractivity contribution in [2.75, 3.05) is 19.5 Å². The Morgan fingerprint density at radius 2 is 1.88 bits per heavy atom. The zero-order valence-corrected chi connectivity index (χ0v) is 14.1. The first-order chi connectivity index (χ1) is 12.7. The molecule has 130 valence electrons. The largest absolute Gasteiger partial charge is 0.497 e. The number of pyridine rings is 1. The summed E-state index contributed by atoms with van der Waals surface area (Å²) >= 11 is 0. The molecule has 8 nitrogen and oxygen atoms in total. The lowest BCUT2D eigenvalue weighted by molar-refractivity contribution is 0.102. The molecule has 0 saturated carbocycles. The zero-order chi connectivity index (χ0) is 18.1. The topological polar surface area (TPSA) is 90.6 Å². The fourth-order valence-electron chi connectivity index (χ4n) is 2.62. The lowest BCUT2D eigenvalue weighted by Gasteiger charge is -2.06. The van der Waals surface area contributed by atoms with Gasteiger partial charge >= 0.3 is 0 Å². The highest BCUT2D eigenvalue weighted by molar-refractivity contribution is 6.03. The molecule has 0 aliphatic rings. The van der Waals surface area contributed by atoms with Crippen molar-refractivity contribution in [2.45, 2.75) is 0 Å². The highest BCUT2D eigenvalue weighted by Crippen LogP contribution is 2.21. The van der Waals surface area contributed by atoms with Gasteiger partial charge in [-0.1, -0.05) is 0 Å². The summed E-state index contributed by atoms with van der Waals surface area (Å²) in [6.07, 6.45) is 4.86. The molecule has 0 saturated heterocycles. The third kappa shape index (κ3) is 2.77. The Balaban J connectivity index is 1.68. The fraction of sp³-hybridized carbons (Fsp3) is 0.111. The van der Waals surface area contributed by atoms with Crippen molar-refractivity contribution < 1.29 is 14.3 Å². The maximum atomic E-state index is 12.5. The summed E-state index contributed by atoms with van der Waals surface area (Å²) in [7, 11) is 3.15. The molecule has 4 rings (SSSR count). The molecule has 0 atom stereocenters. The number of carbonyl (C=O) groups excluding carboxylic acids is 1. The van der Waals surface area contributed by atoms with Crippen molar-refractivity contribution >= 4 is 28.4 Å². The quantitative estimate of drug-likeness (QED) is 0.609. The van der Waals surface area contributed by atoms with Crippen LogP contribution in [0, 0.1) is 0 Å². The number of anilines is 1. The van der Waals surface area contributed by atoms with E-state index in [0.29, 0.717) is 17.2 Å². The fourth-order valence-corrected chi connectivity index (χ4v) is 2.62. The van der Waals surface area contributed by atoms with Gasteiger partial charge in [0.05, 0.1) is 43.3 Å². The molecular weight excluding hydrogens is 334 g/mol. The minimum absolute atomic E-state index is 0.252. The van der Waals surface area contributed by atoms with Gasteiger partial charge in [0, 0.05) is 18.3 Å². The lowest BCUT2D eigenvalue weighted by atomic mass is 10.3. The van der Waals surface area contributed by atoms with E-state index in [-0.39, 0.29) is 11.6 Å². The third-order valence-corrected chi connectivity index (χ3v) is 3.92. The highest BCUT2D eigenvalue weighted by atomic mass is 16.5. The summed E-state index contributed by atoms with van der Waals surface area (Å²) in [6.45, 7) is 0. The van der Waals surface area contributed by atoms with Crippen molar-refractivity contribution in [2.24, 2.45) is 0 Å². The van der Waals surface area contributed by atoms with Gasteiger partial charge in [-0.25, -0.2) is 9.97 Å². The maximum Gasteiger partial charge on any atom is 0.274 e. The van der Waals surface area contributed by atoms with Gasteiger partial charge < -0.3 is 14.8 Å². The predicted octanol–water partition coefficient (Wildman–Crippen LogP) is 2.55. The molecule has 0 fully saturated rings. The van der Waals surface area contributed by atoms with Crippen LogP contribution in [0.25, 0.3) is 16.8 Å². The number of carbonyl (C=O) groups is 1. The Morgan fingerprint density at radius 3 is 2.69 bits per heavy atom.